The lowest BCUT2D eigenvalue weighted by Gasteiger charge is -2.50. The van der Waals surface area contributed by atoms with Crippen LogP contribution in [0.5, 0.6) is 0 Å². The predicted octanol–water partition coefficient (Wildman–Crippen LogP) is 3.61. The number of nitrogens with zero attached hydrogens (tertiary/aromatic N) is 5. The number of aromatic nitrogens is 2. The fourth-order valence-corrected chi connectivity index (χ4v) is 6.46. The molecule has 0 atom stereocenters. The average molecular weight is 426 g/mol. The van der Waals surface area contributed by atoms with Crippen LogP contribution in [0, 0.1) is 6.92 Å². The number of benzene rings is 1. The minimum Gasteiger partial charge on any atom is -0.347 e. The summed E-state index contributed by atoms with van der Waals surface area (Å²) >= 11 is 1.53. The Labute approximate surface area is 183 Å². The van der Waals surface area contributed by atoms with E-state index in [-0.39, 0.29) is 11.3 Å². The molecule has 2 saturated heterocycles. The van der Waals surface area contributed by atoms with Gasteiger partial charge in [-0.15, -0.1) is 0 Å². The summed E-state index contributed by atoms with van der Waals surface area (Å²) in [6.45, 7) is 9.00. The van der Waals surface area contributed by atoms with Crippen molar-refractivity contribution in [2.24, 2.45) is 0 Å². The molecular formula is C23H31N5OS. The van der Waals surface area contributed by atoms with E-state index in [1.165, 1.54) is 42.8 Å². The zero-order chi connectivity index (χ0) is 20.7. The van der Waals surface area contributed by atoms with E-state index in [2.05, 4.69) is 43.4 Å². The Morgan fingerprint density at radius 3 is 2.43 bits per heavy atom. The molecule has 1 amide bonds. The molecule has 7 heteroatoms. The third-order valence-electron chi connectivity index (χ3n) is 7.48. The maximum atomic E-state index is 12.1. The first-order valence-electron chi connectivity index (χ1n) is 11.2. The van der Waals surface area contributed by atoms with Crippen molar-refractivity contribution < 1.29 is 4.79 Å². The number of para-hydroxylation sites is 1. The summed E-state index contributed by atoms with van der Waals surface area (Å²) in [4.78, 5) is 23.8. The highest BCUT2D eigenvalue weighted by atomic mass is 32.1. The molecule has 3 aliphatic rings. The molecule has 2 fully saturated rings. The quantitative estimate of drug-likeness (QED) is 0.736. The maximum Gasteiger partial charge on any atom is 0.223 e. The monoisotopic (exact) mass is 425 g/mol. The number of hydrogen-bond donors (Lipinski definition) is 0. The second-order valence-corrected chi connectivity index (χ2v) is 9.83. The molecule has 5 rings (SSSR count). The van der Waals surface area contributed by atoms with Crippen molar-refractivity contribution in [2.45, 2.75) is 57.4 Å². The van der Waals surface area contributed by atoms with Gasteiger partial charge in [0.2, 0.25) is 11.0 Å². The first-order valence-corrected chi connectivity index (χ1v) is 12.0. The van der Waals surface area contributed by atoms with Crippen LogP contribution < -0.4 is 9.80 Å². The highest BCUT2D eigenvalue weighted by Crippen LogP contribution is 2.47. The lowest BCUT2D eigenvalue weighted by Crippen LogP contribution is -2.53. The van der Waals surface area contributed by atoms with Crippen molar-refractivity contribution in [3.8, 4) is 0 Å². The number of carbonyl (C=O) groups excluding carboxylic acids is 1. The van der Waals surface area contributed by atoms with E-state index in [9.17, 15) is 4.79 Å². The Bertz CT molecular complexity index is 912. The summed E-state index contributed by atoms with van der Waals surface area (Å²) in [5.41, 5.74) is 2.78. The van der Waals surface area contributed by atoms with Crippen LogP contribution >= 0.6 is 11.5 Å². The first-order chi connectivity index (χ1) is 14.6. The molecule has 1 aromatic carbocycles. The molecule has 6 nitrogen and oxygen atoms in total. The second kappa shape index (κ2) is 7.93. The van der Waals surface area contributed by atoms with Gasteiger partial charge in [0.05, 0.1) is 0 Å². The third kappa shape index (κ3) is 3.52. The van der Waals surface area contributed by atoms with Crippen molar-refractivity contribution >= 4 is 28.3 Å². The van der Waals surface area contributed by atoms with Crippen molar-refractivity contribution in [3.05, 3.63) is 35.7 Å². The summed E-state index contributed by atoms with van der Waals surface area (Å²) < 4.78 is 4.34. The van der Waals surface area contributed by atoms with Crippen LogP contribution in [0.15, 0.2) is 24.3 Å². The van der Waals surface area contributed by atoms with Crippen LogP contribution in [0.2, 0.25) is 0 Å². The number of fused-ring (bicyclic) bond motifs is 2. The van der Waals surface area contributed by atoms with Gasteiger partial charge in [-0.1, -0.05) is 18.2 Å². The maximum absolute atomic E-state index is 12.1. The number of amides is 1. The van der Waals surface area contributed by atoms with E-state index in [0.29, 0.717) is 6.04 Å². The molecule has 0 saturated carbocycles. The third-order valence-corrected chi connectivity index (χ3v) is 8.35. The van der Waals surface area contributed by atoms with Gasteiger partial charge in [-0.25, -0.2) is 4.98 Å². The van der Waals surface area contributed by atoms with E-state index in [4.69, 9.17) is 0 Å². The smallest absolute Gasteiger partial charge is 0.223 e. The van der Waals surface area contributed by atoms with E-state index < -0.39 is 0 Å². The number of anilines is 2. The van der Waals surface area contributed by atoms with Crippen molar-refractivity contribution in [2.75, 3.05) is 42.5 Å². The lowest BCUT2D eigenvalue weighted by atomic mass is 9.67. The molecule has 3 aliphatic heterocycles. The predicted molar refractivity (Wildman–Crippen MR) is 121 cm³/mol. The number of piperidine rings is 2. The van der Waals surface area contributed by atoms with Crippen molar-refractivity contribution in [1.29, 1.82) is 0 Å². The van der Waals surface area contributed by atoms with E-state index in [0.717, 1.165) is 55.8 Å². The molecule has 160 valence electrons. The van der Waals surface area contributed by atoms with Gasteiger partial charge in [-0.3, -0.25) is 4.79 Å². The van der Waals surface area contributed by atoms with Gasteiger partial charge in [0.15, 0.2) is 0 Å². The Kier molecular flexibility index (Phi) is 5.27. The van der Waals surface area contributed by atoms with Crippen LogP contribution in [0.4, 0.5) is 10.8 Å². The molecule has 30 heavy (non-hydrogen) atoms. The largest absolute Gasteiger partial charge is 0.347 e. The summed E-state index contributed by atoms with van der Waals surface area (Å²) in [6.07, 6.45) is 5.91. The molecule has 0 unspecified atom stereocenters. The lowest BCUT2D eigenvalue weighted by molar-refractivity contribution is -0.116. The van der Waals surface area contributed by atoms with Gasteiger partial charge < -0.3 is 14.7 Å². The van der Waals surface area contributed by atoms with Crippen LogP contribution in [0.1, 0.15) is 50.4 Å². The highest BCUT2D eigenvalue weighted by Gasteiger charge is 2.43. The van der Waals surface area contributed by atoms with Gasteiger partial charge in [-0.05, 0) is 63.7 Å². The number of hydrogen-bond acceptors (Lipinski definition) is 6. The molecule has 0 aliphatic carbocycles. The molecule has 1 aromatic heterocycles. The van der Waals surface area contributed by atoms with Gasteiger partial charge in [0.25, 0.3) is 0 Å². The summed E-state index contributed by atoms with van der Waals surface area (Å²) in [5.74, 6) is 1.04. The summed E-state index contributed by atoms with van der Waals surface area (Å²) in [6, 6.07) is 9.29. The van der Waals surface area contributed by atoms with Crippen LogP contribution in [-0.4, -0.2) is 58.9 Å². The van der Waals surface area contributed by atoms with Gasteiger partial charge in [0, 0.05) is 55.2 Å². The first kappa shape index (κ1) is 19.9. The van der Waals surface area contributed by atoms with E-state index in [1.807, 2.05) is 11.8 Å². The minimum absolute atomic E-state index is 0.159. The summed E-state index contributed by atoms with van der Waals surface area (Å²) in [5, 5.41) is 1.08. The Morgan fingerprint density at radius 1 is 1.07 bits per heavy atom. The summed E-state index contributed by atoms with van der Waals surface area (Å²) in [7, 11) is 0. The zero-order valence-electron chi connectivity index (χ0n) is 18.0. The number of likely N-dealkylation sites (tertiary alicyclic amines) is 1. The second-order valence-electron chi connectivity index (χ2n) is 9.10. The van der Waals surface area contributed by atoms with Gasteiger partial charge in [-0.2, -0.15) is 4.37 Å². The number of aryl methyl sites for hydroxylation is 1. The van der Waals surface area contributed by atoms with Gasteiger partial charge >= 0.3 is 0 Å². The van der Waals surface area contributed by atoms with Crippen LogP contribution in [0.3, 0.4) is 0 Å². The molecule has 0 bridgehead atoms. The molecule has 1 spiro atoms. The fourth-order valence-electron chi connectivity index (χ4n) is 5.74. The van der Waals surface area contributed by atoms with E-state index >= 15 is 0 Å². The van der Waals surface area contributed by atoms with E-state index in [1.54, 1.807) is 6.92 Å². The van der Waals surface area contributed by atoms with Crippen LogP contribution in [-0.2, 0) is 10.2 Å². The Morgan fingerprint density at radius 2 is 1.77 bits per heavy atom. The minimum atomic E-state index is 0.159. The molecule has 0 radical (unpaired) electrons. The standard InChI is InChI=1S/C23H31N5OS/c1-17-24-22(30-25-17)27-12-7-19(8-13-27)26-14-9-23(10-15-26)11-16-28(18(2)29)21-6-4-3-5-20(21)23/h3-6,19H,7-16H2,1-2H3. The SMILES string of the molecule is CC(=O)N1CCC2(CCN(C3CCN(c4nc(C)ns4)CC3)CC2)c2ccccc21. The molecule has 4 heterocycles. The van der Waals surface area contributed by atoms with Crippen molar-refractivity contribution in [1.82, 2.24) is 14.3 Å². The average Bonchev–Trinajstić information content (AvgIpc) is 3.21. The number of rotatable bonds is 2. The molecule has 0 N–H and O–H groups in total. The van der Waals surface area contributed by atoms with Gasteiger partial charge in [0.1, 0.15) is 5.82 Å². The topological polar surface area (TPSA) is 52.6 Å². The van der Waals surface area contributed by atoms with Crippen molar-refractivity contribution in [3.63, 3.8) is 0 Å². The fraction of sp³-hybridized carbons (Fsp3) is 0.609. The normalized spacial score (nSPS) is 22.3. The number of carbonyl (C=O) groups is 1. The van der Waals surface area contributed by atoms with Crippen LogP contribution in [0.25, 0.3) is 0 Å². The zero-order valence-corrected chi connectivity index (χ0v) is 18.8. The molecule has 2 aromatic rings. The Balaban J connectivity index is 1.24. The molecular weight excluding hydrogens is 394 g/mol. The highest BCUT2D eigenvalue weighted by molar-refractivity contribution is 7.09. The Hall–Kier alpha value is -1.99.